The molecule has 0 radical (unpaired) electrons. The Balaban J connectivity index is 1.76. The third kappa shape index (κ3) is 6.57. The molecule has 0 aliphatic carbocycles. The van der Waals surface area contributed by atoms with Crippen LogP contribution in [0.1, 0.15) is 6.92 Å². The highest BCUT2D eigenvalue weighted by Gasteiger charge is 2.14. The summed E-state index contributed by atoms with van der Waals surface area (Å²) in [5, 5.41) is 15.2. The summed E-state index contributed by atoms with van der Waals surface area (Å²) in [6.45, 7) is 10.7. The number of carbonyl (C=O) groups excluding carboxylic acids is 1. The van der Waals surface area contributed by atoms with Gasteiger partial charge in [-0.3, -0.25) is 19.1 Å². The van der Waals surface area contributed by atoms with Crippen molar-refractivity contribution in [3.05, 3.63) is 56.5 Å². The maximum absolute atomic E-state index is 12.9. The van der Waals surface area contributed by atoms with Crippen LogP contribution < -0.4 is 30.1 Å². The van der Waals surface area contributed by atoms with Crippen molar-refractivity contribution in [2.75, 3.05) is 51.3 Å². The van der Waals surface area contributed by atoms with E-state index >= 15 is 0 Å². The van der Waals surface area contributed by atoms with Crippen LogP contribution in [0.25, 0.3) is 11.8 Å². The molecule has 3 rings (SSSR count). The first-order chi connectivity index (χ1) is 16.6. The fourth-order valence-corrected chi connectivity index (χ4v) is 4.47. The summed E-state index contributed by atoms with van der Waals surface area (Å²) >= 11 is 1.10. The van der Waals surface area contributed by atoms with Crippen molar-refractivity contribution < 1.29 is 14.3 Å². The Bertz CT molecular complexity index is 1220. The highest BCUT2D eigenvalue weighted by molar-refractivity contribution is 7.07. The van der Waals surface area contributed by atoms with Gasteiger partial charge < -0.3 is 20.1 Å². The van der Waals surface area contributed by atoms with Gasteiger partial charge in [-0.25, -0.2) is 0 Å². The van der Waals surface area contributed by atoms with Crippen molar-refractivity contribution in [1.82, 2.24) is 14.8 Å². The van der Waals surface area contributed by atoms with Crippen LogP contribution in [0.3, 0.4) is 0 Å². The van der Waals surface area contributed by atoms with E-state index in [4.69, 9.17) is 9.47 Å². The van der Waals surface area contributed by atoms with Gasteiger partial charge in [-0.15, -0.1) is 17.9 Å². The Morgan fingerprint density at radius 3 is 2.88 bits per heavy atom. The van der Waals surface area contributed by atoms with Crippen molar-refractivity contribution in [1.29, 1.82) is 5.26 Å². The zero-order valence-corrected chi connectivity index (χ0v) is 20.0. The molecule has 0 saturated carbocycles. The quantitative estimate of drug-likeness (QED) is 0.473. The van der Waals surface area contributed by atoms with Crippen LogP contribution in [0.15, 0.2) is 41.7 Å². The lowest BCUT2D eigenvalue weighted by Gasteiger charge is -2.26. The van der Waals surface area contributed by atoms with Crippen LogP contribution in [-0.4, -0.2) is 61.4 Å². The molecule has 0 unspecified atom stereocenters. The van der Waals surface area contributed by atoms with Gasteiger partial charge in [-0.2, -0.15) is 5.26 Å². The van der Waals surface area contributed by atoms with Gasteiger partial charge in [-0.05, 0) is 19.1 Å². The van der Waals surface area contributed by atoms with Crippen LogP contribution in [-0.2, 0) is 16.1 Å². The Hall–Kier alpha value is -3.39. The lowest BCUT2D eigenvalue weighted by molar-refractivity contribution is -0.115. The summed E-state index contributed by atoms with van der Waals surface area (Å²) in [5.74, 6) is 0.191. The molecular formula is C24H29N5O4S. The molecule has 1 fully saturated rings. The van der Waals surface area contributed by atoms with Gasteiger partial charge in [0.15, 0.2) is 5.57 Å². The number of anilines is 1. The molecule has 2 heterocycles. The molecule has 180 valence electrons. The fourth-order valence-electron chi connectivity index (χ4n) is 3.38. The number of aromatic nitrogens is 1. The number of morpholine rings is 1. The molecule has 0 atom stereocenters. The topological polar surface area (TPSA) is 109 Å². The summed E-state index contributed by atoms with van der Waals surface area (Å²) in [4.78, 5) is 27.5. The summed E-state index contributed by atoms with van der Waals surface area (Å²) < 4.78 is 13.4. The lowest BCUT2D eigenvalue weighted by Crippen LogP contribution is -2.38. The first kappa shape index (κ1) is 25.2. The van der Waals surface area contributed by atoms with E-state index in [1.54, 1.807) is 13.1 Å². The van der Waals surface area contributed by atoms with E-state index in [-0.39, 0.29) is 17.7 Å². The normalized spacial score (nSPS) is 15.4. The number of thiazole rings is 1. The predicted molar refractivity (Wildman–Crippen MR) is 133 cm³/mol. The highest BCUT2D eigenvalue weighted by Crippen LogP contribution is 2.17. The monoisotopic (exact) mass is 483 g/mol. The van der Waals surface area contributed by atoms with E-state index in [1.165, 1.54) is 10.6 Å². The summed E-state index contributed by atoms with van der Waals surface area (Å²) in [5.41, 5.74) is 0.396. The van der Waals surface area contributed by atoms with Crippen LogP contribution in [0.4, 0.5) is 5.69 Å². The number of nitrogens with zero attached hydrogens (tertiary/aromatic N) is 3. The van der Waals surface area contributed by atoms with Gasteiger partial charge in [0.25, 0.3) is 11.5 Å². The zero-order chi connectivity index (χ0) is 24.3. The summed E-state index contributed by atoms with van der Waals surface area (Å²) in [6, 6.07) is 9.41. The lowest BCUT2D eigenvalue weighted by atomic mass is 10.3. The minimum atomic E-state index is -0.535. The zero-order valence-electron chi connectivity index (χ0n) is 19.2. The Kier molecular flexibility index (Phi) is 9.46. The molecule has 9 nitrogen and oxygen atoms in total. The van der Waals surface area contributed by atoms with Crippen molar-refractivity contribution in [2.24, 2.45) is 0 Å². The number of nitrogens with one attached hydrogen (secondary N) is 2. The Labute approximate surface area is 202 Å². The second-order valence-electron chi connectivity index (χ2n) is 7.43. The third-order valence-corrected chi connectivity index (χ3v) is 6.30. The SMILES string of the molecule is C=CCNC(=O)C(C#N)=c1sc(=CNc2cccc(OCCN3CCOCC3)c2)c(=O)n1CC. The number of hydrogen-bond donors (Lipinski definition) is 2. The first-order valence-electron chi connectivity index (χ1n) is 11.1. The molecule has 1 aliphatic heterocycles. The van der Waals surface area contributed by atoms with Gasteiger partial charge >= 0.3 is 0 Å². The van der Waals surface area contributed by atoms with Crippen LogP contribution >= 0.6 is 11.3 Å². The van der Waals surface area contributed by atoms with E-state index in [0.717, 1.165) is 55.6 Å². The number of carbonyl (C=O) groups is 1. The van der Waals surface area contributed by atoms with Crippen LogP contribution in [0, 0.1) is 11.3 Å². The standard InChI is InChI=1S/C24H29N5O4S/c1-3-8-26-22(30)20(16-25)24-29(4-2)23(31)21(34-24)17-27-18-6-5-7-19(15-18)33-14-11-28-9-12-32-13-10-28/h3,5-7,15,17,27H,1,4,8-14H2,2H3,(H,26,30). The van der Waals surface area contributed by atoms with E-state index in [0.29, 0.717) is 22.3 Å². The van der Waals surface area contributed by atoms with Crippen LogP contribution in [0.5, 0.6) is 5.75 Å². The Morgan fingerprint density at radius 1 is 1.38 bits per heavy atom. The van der Waals surface area contributed by atoms with Crippen molar-refractivity contribution in [3.63, 3.8) is 0 Å². The molecule has 2 aromatic rings. The number of benzene rings is 1. The van der Waals surface area contributed by atoms with E-state index in [2.05, 4.69) is 22.1 Å². The molecule has 1 saturated heterocycles. The molecule has 0 bridgehead atoms. The van der Waals surface area contributed by atoms with E-state index < -0.39 is 5.91 Å². The minimum Gasteiger partial charge on any atom is -0.492 e. The first-order valence-corrected chi connectivity index (χ1v) is 11.9. The number of hydrogen-bond acceptors (Lipinski definition) is 8. The maximum Gasteiger partial charge on any atom is 0.270 e. The van der Waals surface area contributed by atoms with Gasteiger partial charge in [-0.1, -0.05) is 12.1 Å². The molecule has 34 heavy (non-hydrogen) atoms. The largest absolute Gasteiger partial charge is 0.492 e. The summed E-state index contributed by atoms with van der Waals surface area (Å²) in [6.07, 6.45) is 3.12. The molecule has 1 aromatic heterocycles. The van der Waals surface area contributed by atoms with E-state index in [1.807, 2.05) is 30.3 Å². The molecule has 10 heteroatoms. The molecule has 1 aromatic carbocycles. The summed E-state index contributed by atoms with van der Waals surface area (Å²) in [7, 11) is 0. The maximum atomic E-state index is 12.9. The predicted octanol–water partition coefficient (Wildman–Crippen LogP) is 0.467. The number of nitriles is 1. The third-order valence-electron chi connectivity index (χ3n) is 5.17. The fraction of sp³-hybridized carbons (Fsp3) is 0.375. The smallest absolute Gasteiger partial charge is 0.270 e. The van der Waals surface area contributed by atoms with Crippen molar-refractivity contribution in [2.45, 2.75) is 13.5 Å². The number of ether oxygens (including phenoxy) is 2. The molecule has 1 aliphatic rings. The van der Waals surface area contributed by atoms with Crippen molar-refractivity contribution >= 4 is 34.7 Å². The second-order valence-corrected chi connectivity index (χ2v) is 8.46. The highest BCUT2D eigenvalue weighted by atomic mass is 32.1. The van der Waals surface area contributed by atoms with Gasteiger partial charge in [0.05, 0.1) is 13.2 Å². The average Bonchev–Trinajstić information content (AvgIpc) is 3.17. The molecule has 0 spiro atoms. The van der Waals surface area contributed by atoms with Gasteiger partial charge in [0.1, 0.15) is 27.6 Å². The van der Waals surface area contributed by atoms with E-state index in [9.17, 15) is 14.9 Å². The number of amides is 1. The molecule has 2 N–H and O–H groups in total. The number of rotatable bonds is 10. The second kappa shape index (κ2) is 12.7. The molecular weight excluding hydrogens is 454 g/mol. The van der Waals surface area contributed by atoms with Crippen LogP contribution in [0.2, 0.25) is 0 Å². The minimum absolute atomic E-state index is 0.0962. The average molecular weight is 484 g/mol. The van der Waals surface area contributed by atoms with Crippen molar-refractivity contribution in [3.8, 4) is 11.8 Å². The molecule has 1 amide bonds. The van der Waals surface area contributed by atoms with Gasteiger partial charge in [0.2, 0.25) is 0 Å². The van der Waals surface area contributed by atoms with Gasteiger partial charge in [0, 0.05) is 50.7 Å². The Morgan fingerprint density at radius 2 is 2.18 bits per heavy atom.